The number of hydrogen-bond acceptors (Lipinski definition) is 13. The Morgan fingerprint density at radius 3 is 2.23 bits per heavy atom. The van der Waals surface area contributed by atoms with Gasteiger partial charge in [-0.05, 0) is 60.6 Å². The van der Waals surface area contributed by atoms with Crippen LogP contribution in [0, 0.1) is 11.8 Å². The van der Waals surface area contributed by atoms with E-state index in [2.05, 4.69) is 42.9 Å². The van der Waals surface area contributed by atoms with Gasteiger partial charge in [-0.25, -0.2) is 14.1 Å². The van der Waals surface area contributed by atoms with Crippen LogP contribution in [0.25, 0.3) is 5.52 Å². The van der Waals surface area contributed by atoms with Crippen molar-refractivity contribution in [2.75, 3.05) is 18.9 Å². The van der Waals surface area contributed by atoms with Crippen LogP contribution in [-0.4, -0.2) is 70.1 Å². The summed E-state index contributed by atoms with van der Waals surface area (Å²) in [6, 6.07) is 18.6. The summed E-state index contributed by atoms with van der Waals surface area (Å²) >= 11 is 0. The minimum absolute atomic E-state index is 0.0977. The Hall–Kier alpha value is -4.82. The lowest BCUT2D eigenvalue weighted by Crippen LogP contribution is -2.46. The predicted octanol–water partition coefficient (Wildman–Crippen LogP) is 7.89. The van der Waals surface area contributed by atoms with E-state index in [-0.39, 0.29) is 30.0 Å². The molecule has 2 aromatic carbocycles. The van der Waals surface area contributed by atoms with Gasteiger partial charge in [0, 0.05) is 0 Å². The second-order valence-corrected chi connectivity index (χ2v) is 18.9. The van der Waals surface area contributed by atoms with Crippen molar-refractivity contribution in [1.82, 2.24) is 19.7 Å². The van der Waals surface area contributed by atoms with Crippen molar-refractivity contribution in [3.05, 3.63) is 89.9 Å². The maximum absolute atomic E-state index is 15.3. The first-order valence-corrected chi connectivity index (χ1v) is 22.6. The summed E-state index contributed by atoms with van der Waals surface area (Å²) in [7, 11) is -4.56. The largest absolute Gasteiger partial charge is 0.465 e. The average molecular weight is 864 g/mol. The highest BCUT2D eigenvalue weighted by Crippen LogP contribution is 2.49. The number of aromatic nitrogens is 3. The molecule has 2 aromatic heterocycles. The second kappa shape index (κ2) is 20.4. The zero-order valence-corrected chi connectivity index (χ0v) is 37.7. The van der Waals surface area contributed by atoms with Crippen molar-refractivity contribution < 1.29 is 46.9 Å². The van der Waals surface area contributed by atoms with E-state index in [0.29, 0.717) is 17.6 Å². The van der Waals surface area contributed by atoms with Crippen LogP contribution in [-0.2, 0) is 59.9 Å². The molecule has 0 radical (unpaired) electrons. The van der Waals surface area contributed by atoms with Crippen molar-refractivity contribution in [2.45, 2.75) is 130 Å². The summed E-state index contributed by atoms with van der Waals surface area (Å²) in [6.07, 6.45) is 1.24. The number of anilines is 1. The van der Waals surface area contributed by atoms with Crippen molar-refractivity contribution in [2.24, 2.45) is 11.8 Å². The number of fused-ring (bicyclic) bond motifs is 1. The van der Waals surface area contributed by atoms with Crippen molar-refractivity contribution in [3.63, 3.8) is 0 Å². The second-order valence-electron chi connectivity index (χ2n) is 17.3. The number of carbonyl (C=O) groups is 3. The van der Waals surface area contributed by atoms with E-state index in [4.69, 9.17) is 33.7 Å². The molecule has 16 heteroatoms. The van der Waals surface area contributed by atoms with E-state index < -0.39 is 74.1 Å². The van der Waals surface area contributed by atoms with Gasteiger partial charge in [0.2, 0.25) is 0 Å². The Kier molecular flexibility index (Phi) is 15.8. The minimum Gasteiger partial charge on any atom is -0.465 e. The fourth-order valence-corrected chi connectivity index (χ4v) is 8.41. The van der Waals surface area contributed by atoms with E-state index in [0.717, 1.165) is 30.4 Å². The highest BCUT2D eigenvalue weighted by atomic mass is 31.2. The van der Waals surface area contributed by atoms with Gasteiger partial charge in [0.05, 0.1) is 30.7 Å². The molecule has 0 aliphatic carbocycles. The van der Waals surface area contributed by atoms with E-state index in [1.165, 1.54) is 10.8 Å². The first-order chi connectivity index (χ1) is 28.8. The van der Waals surface area contributed by atoms with Crippen LogP contribution in [0.4, 0.5) is 5.82 Å². The first kappa shape index (κ1) is 47.2. The van der Waals surface area contributed by atoms with Crippen LogP contribution in [0.5, 0.6) is 5.75 Å². The van der Waals surface area contributed by atoms with Crippen LogP contribution in [0.2, 0.25) is 0 Å². The lowest BCUT2D eigenvalue weighted by atomic mass is 9.87. The van der Waals surface area contributed by atoms with Crippen LogP contribution in [0.15, 0.2) is 73.1 Å². The van der Waals surface area contributed by atoms with Crippen molar-refractivity contribution >= 4 is 37.0 Å². The van der Waals surface area contributed by atoms with Crippen molar-refractivity contribution in [3.8, 4) is 5.75 Å². The number of unbranched alkanes of at least 4 members (excludes halogenated alkanes) is 3. The minimum atomic E-state index is -4.56. The van der Waals surface area contributed by atoms with E-state index in [9.17, 15) is 14.4 Å². The highest BCUT2D eigenvalue weighted by Gasteiger charge is 2.59. The molecule has 1 unspecified atom stereocenters. The number of hydrogen-bond donors (Lipinski definition) is 2. The van der Waals surface area contributed by atoms with E-state index in [1.807, 2.05) is 42.5 Å². The fraction of sp³-hybridized carbons (Fsp3) is 0.533. The maximum atomic E-state index is 15.3. The van der Waals surface area contributed by atoms with Gasteiger partial charge in [0.25, 0.3) is 0 Å². The van der Waals surface area contributed by atoms with Crippen LogP contribution in [0.1, 0.15) is 105 Å². The summed E-state index contributed by atoms with van der Waals surface area (Å²) in [4.78, 5) is 44.7. The van der Waals surface area contributed by atoms with Gasteiger partial charge in [0.1, 0.15) is 35.3 Å². The Labute approximate surface area is 358 Å². The average Bonchev–Trinajstić information content (AvgIpc) is 3.77. The van der Waals surface area contributed by atoms with Gasteiger partial charge < -0.3 is 29.2 Å². The number of rotatable bonds is 20. The van der Waals surface area contributed by atoms with Crippen LogP contribution in [0.3, 0.4) is 0 Å². The van der Waals surface area contributed by atoms with Crippen LogP contribution >= 0.6 is 7.75 Å². The highest BCUT2D eigenvalue weighted by molar-refractivity contribution is 7.52. The number of nitrogens with one attached hydrogen (secondary N) is 1. The van der Waals surface area contributed by atoms with E-state index >= 15 is 4.57 Å². The summed E-state index contributed by atoms with van der Waals surface area (Å²) in [5, 5.41) is 7.31. The first-order valence-electron chi connectivity index (χ1n) is 21.1. The van der Waals surface area contributed by atoms with Gasteiger partial charge in [-0.3, -0.25) is 18.9 Å². The fourth-order valence-electron chi connectivity index (χ4n) is 6.91. The molecule has 0 bridgehead atoms. The SMILES string of the molecule is CCCCCCOC(=O)[C@H](Cc1ccccc1)NP(=O)(OC[C@H]1O[C@@](C)(c2ccc3c(N)ncnn23)[C@H](OC(=O)C(C)C)[C@@H]1OC(=O)C(C)C)Oc1ccc(C(C)(C)C)cc1. The standard InChI is InChI=1S/C45H62N5O10P/c1-10-11-12-16-25-55-43(53)34(26-31-17-14-13-15-18-31)49-61(54,60-33-21-19-32(20-22-33)44(6,7)8)56-27-36-38(57-41(51)29(2)3)39(58-42(52)30(4)5)45(9,59-36)37-24-23-35-40(46)47-28-48-50(35)37/h13-15,17-24,28-30,34,36,38-39H,10-12,16,25-27H2,1-9H3,(H,49,54)(H2,46,47,48)/t34-,36+,38+,39+,45-,61?/m0/s1. The molecule has 1 fully saturated rings. The molecule has 1 aliphatic heterocycles. The Balaban J connectivity index is 1.55. The number of benzene rings is 2. The normalized spacial score (nSPS) is 20.7. The maximum Gasteiger partial charge on any atom is 0.459 e. The molecule has 0 spiro atoms. The van der Waals surface area contributed by atoms with Gasteiger partial charge in [-0.15, -0.1) is 0 Å². The summed E-state index contributed by atoms with van der Waals surface area (Å²) in [6.45, 7) is 16.4. The predicted molar refractivity (Wildman–Crippen MR) is 231 cm³/mol. The third-order valence-corrected chi connectivity index (χ3v) is 12.1. The molecule has 3 N–H and O–H groups in total. The smallest absolute Gasteiger partial charge is 0.459 e. The number of nitrogens with zero attached hydrogens (tertiary/aromatic N) is 3. The van der Waals surface area contributed by atoms with Gasteiger partial charge in [-0.1, -0.05) is 117 Å². The quantitative estimate of drug-likeness (QED) is 0.0377. The number of carbonyl (C=O) groups excluding carboxylic acids is 3. The number of esters is 3. The summed E-state index contributed by atoms with van der Waals surface area (Å²) in [5.74, 6) is -2.53. The van der Waals surface area contributed by atoms with Crippen molar-refractivity contribution in [1.29, 1.82) is 0 Å². The van der Waals surface area contributed by atoms with Gasteiger partial charge in [-0.2, -0.15) is 10.2 Å². The molecule has 0 amide bonds. The third kappa shape index (κ3) is 12.0. The molecule has 4 aromatic rings. The monoisotopic (exact) mass is 863 g/mol. The summed E-state index contributed by atoms with van der Waals surface area (Å²) in [5.41, 5.74) is 7.14. The van der Waals surface area contributed by atoms with Gasteiger partial charge >= 0.3 is 25.7 Å². The Morgan fingerprint density at radius 2 is 1.59 bits per heavy atom. The van der Waals surface area contributed by atoms with Gasteiger partial charge in [0.15, 0.2) is 18.0 Å². The lowest BCUT2D eigenvalue weighted by Gasteiger charge is -2.31. The zero-order valence-electron chi connectivity index (χ0n) is 36.8. The Bertz CT molecular complexity index is 2140. The third-order valence-electron chi connectivity index (χ3n) is 10.5. The molecule has 0 saturated carbocycles. The van der Waals surface area contributed by atoms with E-state index in [1.54, 1.807) is 58.9 Å². The molecule has 6 atom stereocenters. The Morgan fingerprint density at radius 1 is 0.918 bits per heavy atom. The number of ether oxygens (including phenoxy) is 4. The molecular weight excluding hydrogens is 801 g/mol. The molecule has 1 aliphatic rings. The molecular formula is C45H62N5O10P. The number of nitrogen functional groups attached to an aromatic ring is 1. The number of nitrogens with two attached hydrogens (primary N) is 1. The molecule has 5 rings (SSSR count). The molecule has 61 heavy (non-hydrogen) atoms. The molecule has 15 nitrogen and oxygen atoms in total. The molecule has 3 heterocycles. The lowest BCUT2D eigenvalue weighted by molar-refractivity contribution is -0.175. The topological polar surface area (TPSA) is 192 Å². The zero-order chi connectivity index (χ0) is 44.5. The summed E-state index contributed by atoms with van der Waals surface area (Å²) < 4.78 is 54.0. The van der Waals surface area contributed by atoms with Crippen LogP contribution < -0.4 is 15.3 Å². The molecule has 332 valence electrons. The molecule has 1 saturated heterocycles.